The van der Waals surface area contributed by atoms with Crippen LogP contribution >= 0.6 is 0 Å². The SMILES string of the molecule is CCCCOc1nc(C(C)C)nc(NC(C)CC)c1[N+](=O)[O-]. The molecule has 0 saturated carbocycles. The Bertz CT molecular complexity index is 506. The molecule has 22 heavy (non-hydrogen) atoms. The second kappa shape index (κ2) is 8.51. The van der Waals surface area contributed by atoms with Gasteiger partial charge >= 0.3 is 5.69 Å². The van der Waals surface area contributed by atoms with Crippen molar-refractivity contribution < 1.29 is 9.66 Å². The maximum absolute atomic E-state index is 11.4. The van der Waals surface area contributed by atoms with E-state index >= 15 is 0 Å². The van der Waals surface area contributed by atoms with Gasteiger partial charge in [0.25, 0.3) is 5.88 Å². The third kappa shape index (κ3) is 4.82. The van der Waals surface area contributed by atoms with Crippen molar-refractivity contribution in [3.05, 3.63) is 15.9 Å². The Hall–Kier alpha value is -1.92. The molecule has 0 aliphatic heterocycles. The minimum atomic E-state index is -0.476. The summed E-state index contributed by atoms with van der Waals surface area (Å²) >= 11 is 0. The van der Waals surface area contributed by atoms with E-state index in [2.05, 4.69) is 15.3 Å². The lowest BCUT2D eigenvalue weighted by Gasteiger charge is -2.16. The zero-order valence-electron chi connectivity index (χ0n) is 14.0. The van der Waals surface area contributed by atoms with Crippen molar-refractivity contribution in [1.82, 2.24) is 9.97 Å². The second-order valence-electron chi connectivity index (χ2n) is 5.65. The van der Waals surface area contributed by atoms with E-state index in [1.165, 1.54) is 0 Å². The van der Waals surface area contributed by atoms with Gasteiger partial charge in [-0.25, -0.2) is 4.98 Å². The molecule has 0 aliphatic carbocycles. The van der Waals surface area contributed by atoms with Gasteiger partial charge in [0.1, 0.15) is 5.82 Å². The lowest BCUT2D eigenvalue weighted by molar-refractivity contribution is -0.385. The molecule has 0 aromatic carbocycles. The summed E-state index contributed by atoms with van der Waals surface area (Å²) in [6.07, 6.45) is 2.62. The van der Waals surface area contributed by atoms with E-state index in [1.54, 1.807) is 0 Å². The van der Waals surface area contributed by atoms with Crippen molar-refractivity contribution >= 4 is 11.5 Å². The van der Waals surface area contributed by atoms with Gasteiger partial charge in [0.15, 0.2) is 0 Å². The molecule has 1 unspecified atom stereocenters. The number of hydrogen-bond donors (Lipinski definition) is 1. The molecule has 1 heterocycles. The van der Waals surface area contributed by atoms with Crippen molar-refractivity contribution in [3.63, 3.8) is 0 Å². The Morgan fingerprint density at radius 1 is 1.27 bits per heavy atom. The first-order valence-electron chi connectivity index (χ1n) is 7.86. The van der Waals surface area contributed by atoms with Crippen molar-refractivity contribution in [2.75, 3.05) is 11.9 Å². The third-order valence-corrected chi connectivity index (χ3v) is 3.30. The molecule has 124 valence electrons. The summed E-state index contributed by atoms with van der Waals surface area (Å²) in [7, 11) is 0. The summed E-state index contributed by atoms with van der Waals surface area (Å²) in [4.78, 5) is 19.5. The summed E-state index contributed by atoms with van der Waals surface area (Å²) in [5.41, 5.74) is -0.180. The largest absolute Gasteiger partial charge is 0.473 e. The average Bonchev–Trinajstić information content (AvgIpc) is 2.46. The number of nitrogens with zero attached hydrogens (tertiary/aromatic N) is 3. The highest BCUT2D eigenvalue weighted by atomic mass is 16.6. The Kier molecular flexibility index (Phi) is 7.01. The van der Waals surface area contributed by atoms with Crippen LogP contribution in [0.15, 0.2) is 0 Å². The normalized spacial score (nSPS) is 12.3. The predicted octanol–water partition coefficient (Wildman–Crippen LogP) is 3.90. The molecule has 7 nitrogen and oxygen atoms in total. The molecule has 1 atom stereocenters. The van der Waals surface area contributed by atoms with Gasteiger partial charge < -0.3 is 10.1 Å². The molecule has 0 radical (unpaired) electrons. The lowest BCUT2D eigenvalue weighted by Crippen LogP contribution is -2.18. The van der Waals surface area contributed by atoms with Crippen LogP contribution in [0.1, 0.15) is 65.6 Å². The number of ether oxygens (including phenoxy) is 1. The number of unbranched alkanes of at least 4 members (excludes halogenated alkanes) is 1. The molecular weight excluding hydrogens is 284 g/mol. The fourth-order valence-corrected chi connectivity index (χ4v) is 1.72. The van der Waals surface area contributed by atoms with Crippen molar-refractivity contribution in [1.29, 1.82) is 0 Å². The maximum Gasteiger partial charge on any atom is 0.372 e. The first-order chi connectivity index (χ1) is 10.4. The van der Waals surface area contributed by atoms with Gasteiger partial charge in [0.2, 0.25) is 5.82 Å². The minimum absolute atomic E-state index is 0.0583. The van der Waals surface area contributed by atoms with Crippen LogP contribution in [0.4, 0.5) is 11.5 Å². The predicted molar refractivity (Wildman–Crippen MR) is 86.6 cm³/mol. The Morgan fingerprint density at radius 2 is 1.95 bits per heavy atom. The molecule has 7 heteroatoms. The monoisotopic (exact) mass is 310 g/mol. The van der Waals surface area contributed by atoms with Gasteiger partial charge in [-0.3, -0.25) is 10.1 Å². The second-order valence-corrected chi connectivity index (χ2v) is 5.65. The number of nitro groups is 1. The van der Waals surface area contributed by atoms with Gasteiger partial charge in [-0.15, -0.1) is 0 Å². The highest BCUT2D eigenvalue weighted by molar-refractivity contribution is 5.62. The van der Waals surface area contributed by atoms with E-state index in [9.17, 15) is 10.1 Å². The van der Waals surface area contributed by atoms with E-state index in [1.807, 2.05) is 34.6 Å². The molecular formula is C15H26N4O3. The highest BCUT2D eigenvalue weighted by Gasteiger charge is 2.27. The van der Waals surface area contributed by atoms with Crippen LogP contribution in [0.2, 0.25) is 0 Å². The van der Waals surface area contributed by atoms with E-state index in [4.69, 9.17) is 4.74 Å². The first-order valence-corrected chi connectivity index (χ1v) is 7.86. The molecule has 0 bridgehead atoms. The topological polar surface area (TPSA) is 90.2 Å². The molecule has 1 aromatic heterocycles. The summed E-state index contributed by atoms with van der Waals surface area (Å²) in [6.45, 7) is 10.3. The van der Waals surface area contributed by atoms with E-state index < -0.39 is 4.92 Å². The van der Waals surface area contributed by atoms with Crippen LogP contribution in [-0.4, -0.2) is 27.5 Å². The summed E-state index contributed by atoms with van der Waals surface area (Å²) < 4.78 is 5.55. The molecule has 0 saturated heterocycles. The van der Waals surface area contributed by atoms with Crippen LogP contribution in [0.3, 0.4) is 0 Å². The Balaban J connectivity index is 3.27. The fourth-order valence-electron chi connectivity index (χ4n) is 1.72. The van der Waals surface area contributed by atoms with E-state index in [0.717, 1.165) is 19.3 Å². The number of aromatic nitrogens is 2. The van der Waals surface area contributed by atoms with Crippen LogP contribution in [-0.2, 0) is 0 Å². The molecule has 1 rings (SSSR count). The number of hydrogen-bond acceptors (Lipinski definition) is 6. The van der Waals surface area contributed by atoms with Gasteiger partial charge in [0, 0.05) is 12.0 Å². The number of rotatable bonds is 9. The fraction of sp³-hybridized carbons (Fsp3) is 0.733. The van der Waals surface area contributed by atoms with Crippen LogP contribution < -0.4 is 10.1 Å². The van der Waals surface area contributed by atoms with Gasteiger partial charge in [-0.1, -0.05) is 34.1 Å². The lowest BCUT2D eigenvalue weighted by atomic mass is 10.2. The number of nitrogens with one attached hydrogen (secondary N) is 1. The van der Waals surface area contributed by atoms with Gasteiger partial charge in [-0.2, -0.15) is 4.98 Å². The quantitative estimate of drug-likeness (QED) is 0.422. The minimum Gasteiger partial charge on any atom is -0.473 e. The first kappa shape index (κ1) is 18.1. The van der Waals surface area contributed by atoms with E-state index in [0.29, 0.717) is 12.4 Å². The molecule has 1 N–H and O–H groups in total. The zero-order valence-corrected chi connectivity index (χ0v) is 14.0. The Labute approximate surface area is 131 Å². The standard InChI is InChI=1S/C15H26N4O3/c1-6-8-9-22-15-12(19(20)21)14(16-11(5)7-2)17-13(18-15)10(3)4/h10-11H,6-9H2,1-5H3,(H,16,17,18). The van der Waals surface area contributed by atoms with Crippen LogP contribution in [0, 0.1) is 10.1 Å². The summed E-state index contributed by atoms with van der Waals surface area (Å²) in [6, 6.07) is 0.0807. The molecule has 0 spiro atoms. The Morgan fingerprint density at radius 3 is 2.45 bits per heavy atom. The van der Waals surface area contributed by atoms with Crippen LogP contribution in [0.25, 0.3) is 0 Å². The molecule has 0 aliphatic rings. The molecule has 1 aromatic rings. The molecule has 0 amide bonds. The molecule has 0 fully saturated rings. The van der Waals surface area contributed by atoms with Crippen molar-refractivity contribution in [2.45, 2.75) is 65.8 Å². The smallest absolute Gasteiger partial charge is 0.372 e. The summed E-state index contributed by atoms with van der Waals surface area (Å²) in [5, 5.41) is 14.5. The summed E-state index contributed by atoms with van der Waals surface area (Å²) in [5.74, 6) is 0.905. The van der Waals surface area contributed by atoms with Crippen LogP contribution in [0.5, 0.6) is 5.88 Å². The van der Waals surface area contributed by atoms with Gasteiger partial charge in [-0.05, 0) is 19.8 Å². The third-order valence-electron chi connectivity index (χ3n) is 3.30. The van der Waals surface area contributed by atoms with Crippen molar-refractivity contribution in [3.8, 4) is 5.88 Å². The maximum atomic E-state index is 11.4. The average molecular weight is 310 g/mol. The van der Waals surface area contributed by atoms with E-state index in [-0.39, 0.29) is 29.3 Å². The zero-order chi connectivity index (χ0) is 16.7. The highest BCUT2D eigenvalue weighted by Crippen LogP contribution is 2.34. The van der Waals surface area contributed by atoms with Crippen molar-refractivity contribution in [2.24, 2.45) is 0 Å². The van der Waals surface area contributed by atoms with Gasteiger partial charge in [0.05, 0.1) is 11.5 Å². The number of anilines is 1.